The van der Waals surface area contributed by atoms with E-state index in [1.165, 1.54) is 21.9 Å². The maximum atomic E-state index is 6.57. The Balaban J connectivity index is 1.39. The third kappa shape index (κ3) is 4.48. The number of allylic oxidation sites excluding steroid dienone is 5. The van der Waals surface area contributed by atoms with Crippen LogP contribution in [-0.2, 0) is 0 Å². The first kappa shape index (κ1) is 24.9. The van der Waals surface area contributed by atoms with E-state index in [1.54, 1.807) is 0 Å². The second-order valence-corrected chi connectivity index (χ2v) is 10.4. The van der Waals surface area contributed by atoms with Gasteiger partial charge in [-0.3, -0.25) is 0 Å². The number of rotatable bonds is 3. The van der Waals surface area contributed by atoms with Crippen molar-refractivity contribution in [2.75, 3.05) is 0 Å². The molecular formula is C39H30O2. The predicted molar refractivity (Wildman–Crippen MR) is 175 cm³/mol. The third-order valence-electron chi connectivity index (χ3n) is 7.80. The van der Waals surface area contributed by atoms with Gasteiger partial charge in [-0.1, -0.05) is 110 Å². The lowest BCUT2D eigenvalue weighted by molar-refractivity contribution is 0.590. The summed E-state index contributed by atoms with van der Waals surface area (Å²) in [5.74, 6) is 0.809. The van der Waals surface area contributed by atoms with Crippen LogP contribution in [-0.4, -0.2) is 0 Å². The normalized spacial score (nSPS) is 17.2. The molecule has 0 saturated heterocycles. The van der Waals surface area contributed by atoms with Crippen molar-refractivity contribution in [3.63, 3.8) is 0 Å². The molecule has 4 aromatic carbocycles. The SMILES string of the molecule is CC/C=C\c1c(C)cccc1-c1ccc2c(c1)oc1c2ccc2c3c(oc21)/C=C/C=c1\cccc\c1=C\C=C/C=C\3. The first-order valence-corrected chi connectivity index (χ1v) is 14.2. The van der Waals surface area contributed by atoms with Crippen molar-refractivity contribution in [3.8, 4) is 11.1 Å². The molecule has 0 fully saturated rings. The van der Waals surface area contributed by atoms with Crippen LogP contribution in [0, 0.1) is 6.92 Å². The van der Waals surface area contributed by atoms with Crippen LogP contribution < -0.4 is 10.4 Å². The van der Waals surface area contributed by atoms with Gasteiger partial charge in [-0.15, -0.1) is 0 Å². The summed E-state index contributed by atoms with van der Waals surface area (Å²) in [5, 5.41) is 5.52. The number of fused-ring (bicyclic) bond motifs is 8. The van der Waals surface area contributed by atoms with Crippen LogP contribution >= 0.6 is 0 Å². The fourth-order valence-electron chi connectivity index (χ4n) is 5.71. The Morgan fingerprint density at radius 3 is 2.32 bits per heavy atom. The van der Waals surface area contributed by atoms with E-state index in [0.717, 1.165) is 61.4 Å². The van der Waals surface area contributed by atoms with Gasteiger partial charge in [0.2, 0.25) is 0 Å². The molecule has 0 aliphatic heterocycles. The summed E-state index contributed by atoms with van der Waals surface area (Å²) in [4.78, 5) is 0. The van der Waals surface area contributed by atoms with Gasteiger partial charge in [0.25, 0.3) is 0 Å². The Morgan fingerprint density at radius 2 is 1.46 bits per heavy atom. The zero-order chi connectivity index (χ0) is 27.8. The zero-order valence-electron chi connectivity index (χ0n) is 23.2. The molecule has 0 amide bonds. The second kappa shape index (κ2) is 10.5. The highest BCUT2D eigenvalue weighted by Gasteiger charge is 2.18. The fraction of sp³-hybridized carbons (Fsp3) is 0.0769. The third-order valence-corrected chi connectivity index (χ3v) is 7.80. The highest BCUT2D eigenvalue weighted by Crippen LogP contribution is 2.40. The van der Waals surface area contributed by atoms with Gasteiger partial charge >= 0.3 is 0 Å². The van der Waals surface area contributed by atoms with E-state index in [0.29, 0.717) is 0 Å². The van der Waals surface area contributed by atoms with Crippen molar-refractivity contribution < 1.29 is 8.83 Å². The Bertz CT molecular complexity index is 2190. The molecule has 198 valence electrons. The minimum absolute atomic E-state index is 0.771. The van der Waals surface area contributed by atoms with E-state index in [9.17, 15) is 0 Å². The molecule has 0 N–H and O–H groups in total. The summed E-state index contributed by atoms with van der Waals surface area (Å²) in [6.07, 6.45) is 22.1. The Hall–Kier alpha value is -5.08. The Labute approximate surface area is 239 Å². The van der Waals surface area contributed by atoms with Crippen molar-refractivity contribution in [3.05, 3.63) is 136 Å². The van der Waals surface area contributed by atoms with Crippen LogP contribution in [0.25, 0.3) is 74.4 Å². The zero-order valence-corrected chi connectivity index (χ0v) is 23.2. The van der Waals surface area contributed by atoms with Gasteiger partial charge in [-0.2, -0.15) is 0 Å². The number of benzene rings is 4. The highest BCUT2D eigenvalue weighted by molar-refractivity contribution is 6.15. The van der Waals surface area contributed by atoms with E-state index >= 15 is 0 Å². The van der Waals surface area contributed by atoms with Gasteiger partial charge in [-0.25, -0.2) is 0 Å². The van der Waals surface area contributed by atoms with Crippen LogP contribution in [0.3, 0.4) is 0 Å². The molecular weight excluding hydrogens is 500 g/mol. The summed E-state index contributed by atoms with van der Waals surface area (Å²) in [7, 11) is 0. The summed E-state index contributed by atoms with van der Waals surface area (Å²) in [6.45, 7) is 4.33. The van der Waals surface area contributed by atoms with E-state index in [-0.39, 0.29) is 0 Å². The lowest BCUT2D eigenvalue weighted by atomic mass is 9.95. The minimum Gasteiger partial charge on any atom is -0.452 e. The molecule has 2 heteroatoms. The average Bonchev–Trinajstić information content (AvgIpc) is 3.53. The average molecular weight is 531 g/mol. The standard InChI is InChI=1S/C39H30O2/c1-3-4-17-30-26(2)12-10-19-31(30)29-21-22-33-35-24-23-34-32-18-7-5-6-13-27-14-8-9-15-28(27)16-11-20-36(32)40-38(34)39(35)41-37(33)25-29/h4-25H,3H2,1-2H3/b6-5-,7-5?,13-6?,16-11?,17-4-,18-7-,20-11+,27-13-,28-16+,32-18?,36-20?. The predicted octanol–water partition coefficient (Wildman–Crippen LogP) is 9.59. The molecule has 7 rings (SSSR count). The molecule has 0 atom stereocenters. The molecule has 1 aliphatic rings. The summed E-state index contributed by atoms with van der Waals surface area (Å²) in [6, 6.07) is 25.7. The summed E-state index contributed by atoms with van der Waals surface area (Å²) in [5.41, 5.74) is 8.31. The molecule has 2 nitrogen and oxygen atoms in total. The van der Waals surface area contributed by atoms with Crippen molar-refractivity contribution in [1.82, 2.24) is 0 Å². The quantitative estimate of drug-likeness (QED) is 0.228. The van der Waals surface area contributed by atoms with Gasteiger partial charge in [0.05, 0.1) is 0 Å². The molecule has 0 unspecified atom stereocenters. The molecule has 41 heavy (non-hydrogen) atoms. The lowest BCUT2D eigenvalue weighted by Crippen LogP contribution is -2.22. The highest BCUT2D eigenvalue weighted by atomic mass is 16.4. The number of hydrogen-bond acceptors (Lipinski definition) is 2. The van der Waals surface area contributed by atoms with Crippen molar-refractivity contribution in [2.24, 2.45) is 0 Å². The molecule has 2 heterocycles. The van der Waals surface area contributed by atoms with Gasteiger partial charge in [0.15, 0.2) is 11.2 Å². The molecule has 1 aliphatic carbocycles. The number of aryl methyl sites for hydroxylation is 1. The van der Waals surface area contributed by atoms with E-state index < -0.39 is 0 Å². The van der Waals surface area contributed by atoms with E-state index in [2.05, 4.69) is 141 Å². The monoisotopic (exact) mass is 530 g/mol. The lowest BCUT2D eigenvalue weighted by Gasteiger charge is -2.09. The molecule has 0 spiro atoms. The first-order chi connectivity index (χ1) is 20.2. The minimum atomic E-state index is 0.771. The molecule has 0 radical (unpaired) electrons. The van der Waals surface area contributed by atoms with Crippen molar-refractivity contribution in [1.29, 1.82) is 0 Å². The topological polar surface area (TPSA) is 26.3 Å². The molecule has 0 saturated carbocycles. The maximum absolute atomic E-state index is 6.57. The van der Waals surface area contributed by atoms with Gasteiger partial charge < -0.3 is 8.83 Å². The molecule has 0 bridgehead atoms. The van der Waals surface area contributed by atoms with E-state index in [4.69, 9.17) is 8.83 Å². The largest absolute Gasteiger partial charge is 0.452 e. The first-order valence-electron chi connectivity index (χ1n) is 14.2. The van der Waals surface area contributed by atoms with E-state index in [1.807, 2.05) is 6.08 Å². The van der Waals surface area contributed by atoms with Crippen molar-refractivity contribution >= 4 is 63.3 Å². The van der Waals surface area contributed by atoms with Crippen LogP contribution in [0.2, 0.25) is 0 Å². The maximum Gasteiger partial charge on any atom is 0.178 e. The number of furan rings is 2. The van der Waals surface area contributed by atoms with Crippen molar-refractivity contribution in [2.45, 2.75) is 20.3 Å². The van der Waals surface area contributed by atoms with Gasteiger partial charge in [0, 0.05) is 21.7 Å². The molecule has 6 aromatic rings. The molecule has 2 aromatic heterocycles. The van der Waals surface area contributed by atoms with Crippen LogP contribution in [0.15, 0.2) is 112 Å². The van der Waals surface area contributed by atoms with Crippen LogP contribution in [0.4, 0.5) is 0 Å². The van der Waals surface area contributed by atoms with Crippen LogP contribution in [0.1, 0.15) is 35.8 Å². The van der Waals surface area contributed by atoms with Gasteiger partial charge in [-0.05, 0) is 76.4 Å². The smallest absolute Gasteiger partial charge is 0.178 e. The Morgan fingerprint density at radius 1 is 0.683 bits per heavy atom. The summed E-state index contributed by atoms with van der Waals surface area (Å²) < 4.78 is 13.1. The Kier molecular flexibility index (Phi) is 6.37. The van der Waals surface area contributed by atoms with Crippen LogP contribution in [0.5, 0.6) is 0 Å². The second-order valence-electron chi connectivity index (χ2n) is 10.4. The summed E-state index contributed by atoms with van der Waals surface area (Å²) >= 11 is 0. The fourth-order valence-corrected chi connectivity index (χ4v) is 5.71. The van der Waals surface area contributed by atoms with Gasteiger partial charge in [0.1, 0.15) is 11.3 Å². The number of hydrogen-bond donors (Lipinski definition) is 0.